The molecule has 4 amide bonds. The molecule has 27 heavy (non-hydrogen) atoms. The van der Waals surface area contributed by atoms with E-state index in [0.717, 1.165) is 10.5 Å². The highest BCUT2D eigenvalue weighted by molar-refractivity contribution is 6.23. The zero-order valence-electron chi connectivity index (χ0n) is 14.7. The van der Waals surface area contributed by atoms with Crippen molar-refractivity contribution < 1.29 is 24.3 Å². The molecule has 0 bridgehead atoms. The number of benzene rings is 1. The van der Waals surface area contributed by atoms with E-state index in [1.54, 1.807) is 18.2 Å². The predicted octanol–water partition coefficient (Wildman–Crippen LogP) is -1.11. The van der Waals surface area contributed by atoms with Crippen molar-refractivity contribution in [2.45, 2.75) is 38.0 Å². The number of nitrogens with two attached hydrogens (primary N) is 1. The van der Waals surface area contributed by atoms with Crippen molar-refractivity contribution in [1.29, 1.82) is 0 Å². The van der Waals surface area contributed by atoms with Gasteiger partial charge in [-0.3, -0.25) is 29.4 Å². The number of aliphatic hydroxyl groups excluding tert-OH is 1. The maximum Gasteiger partial charge on any atom is 0.262 e. The van der Waals surface area contributed by atoms with Crippen LogP contribution in [-0.2, 0) is 16.1 Å². The third-order valence-corrected chi connectivity index (χ3v) is 4.71. The molecular formula is C18H22N4O5. The molecule has 1 fully saturated rings. The Bertz CT molecular complexity index is 794. The molecule has 0 saturated carbocycles. The number of nitrogens with zero attached hydrogens (tertiary/aromatic N) is 1. The Morgan fingerprint density at radius 2 is 1.96 bits per heavy atom. The van der Waals surface area contributed by atoms with Gasteiger partial charge in [0.2, 0.25) is 11.8 Å². The second-order valence-electron chi connectivity index (χ2n) is 6.69. The summed E-state index contributed by atoms with van der Waals surface area (Å²) in [5.74, 6) is -2.09. The average molecular weight is 374 g/mol. The fourth-order valence-electron chi connectivity index (χ4n) is 3.31. The molecule has 144 valence electrons. The van der Waals surface area contributed by atoms with E-state index in [1.165, 1.54) is 0 Å². The van der Waals surface area contributed by atoms with E-state index in [0.29, 0.717) is 26.1 Å². The SMILES string of the molecule is NCCC(O)CNCc1ccc2c(c1)C(=O)N(C1CCC(=O)NC1=O)C2=O. The van der Waals surface area contributed by atoms with Gasteiger partial charge < -0.3 is 16.2 Å². The molecule has 0 radical (unpaired) electrons. The normalized spacial score (nSPS) is 20.7. The topological polar surface area (TPSA) is 142 Å². The van der Waals surface area contributed by atoms with Crippen LogP contribution in [0.3, 0.4) is 0 Å². The van der Waals surface area contributed by atoms with Crippen LogP contribution in [-0.4, -0.2) is 58.9 Å². The Morgan fingerprint density at radius 1 is 1.22 bits per heavy atom. The number of nitrogens with one attached hydrogen (secondary N) is 2. The van der Waals surface area contributed by atoms with Gasteiger partial charge in [-0.2, -0.15) is 0 Å². The number of piperidine rings is 1. The molecular weight excluding hydrogens is 352 g/mol. The van der Waals surface area contributed by atoms with Gasteiger partial charge in [0, 0.05) is 19.5 Å². The van der Waals surface area contributed by atoms with Gasteiger partial charge in [0.25, 0.3) is 11.8 Å². The van der Waals surface area contributed by atoms with Crippen LogP contribution in [0.4, 0.5) is 0 Å². The summed E-state index contributed by atoms with van der Waals surface area (Å²) in [6.45, 7) is 1.17. The van der Waals surface area contributed by atoms with Crippen molar-refractivity contribution in [3.8, 4) is 0 Å². The molecule has 9 nitrogen and oxygen atoms in total. The van der Waals surface area contributed by atoms with Crippen LogP contribution < -0.4 is 16.4 Å². The average Bonchev–Trinajstić information content (AvgIpc) is 2.86. The third-order valence-electron chi connectivity index (χ3n) is 4.71. The first-order valence-corrected chi connectivity index (χ1v) is 8.85. The Labute approximate surface area is 155 Å². The number of hydrogen-bond donors (Lipinski definition) is 4. The largest absolute Gasteiger partial charge is 0.392 e. The van der Waals surface area contributed by atoms with Crippen LogP contribution in [0.1, 0.15) is 45.5 Å². The van der Waals surface area contributed by atoms with Crippen LogP contribution in [0.5, 0.6) is 0 Å². The summed E-state index contributed by atoms with van der Waals surface area (Å²) in [6, 6.07) is 3.93. The number of hydrogen-bond acceptors (Lipinski definition) is 7. The summed E-state index contributed by atoms with van der Waals surface area (Å²) < 4.78 is 0. The molecule has 1 saturated heterocycles. The minimum atomic E-state index is -0.969. The Balaban J connectivity index is 1.71. The van der Waals surface area contributed by atoms with Crippen LogP contribution >= 0.6 is 0 Å². The third kappa shape index (κ3) is 3.90. The summed E-state index contributed by atoms with van der Waals surface area (Å²) in [6.07, 6.45) is 0.161. The fourth-order valence-corrected chi connectivity index (χ4v) is 3.31. The smallest absolute Gasteiger partial charge is 0.262 e. The second-order valence-corrected chi connectivity index (χ2v) is 6.69. The summed E-state index contributed by atoms with van der Waals surface area (Å²) in [5.41, 5.74) is 6.65. The lowest BCUT2D eigenvalue weighted by atomic mass is 10.0. The van der Waals surface area contributed by atoms with Gasteiger partial charge in [-0.1, -0.05) is 6.07 Å². The number of aliphatic hydroxyl groups is 1. The van der Waals surface area contributed by atoms with E-state index >= 15 is 0 Å². The van der Waals surface area contributed by atoms with Crippen molar-refractivity contribution in [1.82, 2.24) is 15.5 Å². The highest BCUT2D eigenvalue weighted by Crippen LogP contribution is 2.28. The molecule has 0 spiro atoms. The van der Waals surface area contributed by atoms with Gasteiger partial charge in [0.1, 0.15) is 6.04 Å². The van der Waals surface area contributed by atoms with E-state index in [-0.39, 0.29) is 24.0 Å². The molecule has 0 aliphatic carbocycles. The first kappa shape index (κ1) is 19.2. The number of carbonyl (C=O) groups excluding carboxylic acids is 4. The molecule has 1 aromatic carbocycles. The molecule has 1 aromatic rings. The van der Waals surface area contributed by atoms with Crippen molar-refractivity contribution in [2.24, 2.45) is 5.73 Å². The van der Waals surface area contributed by atoms with E-state index < -0.39 is 35.8 Å². The highest BCUT2D eigenvalue weighted by atomic mass is 16.3. The van der Waals surface area contributed by atoms with Crippen molar-refractivity contribution in [3.05, 3.63) is 34.9 Å². The van der Waals surface area contributed by atoms with Gasteiger partial charge >= 0.3 is 0 Å². The van der Waals surface area contributed by atoms with Crippen LogP contribution in [0.15, 0.2) is 18.2 Å². The Kier molecular flexibility index (Phi) is 5.64. The summed E-state index contributed by atoms with van der Waals surface area (Å²) in [5, 5.41) is 14.9. The van der Waals surface area contributed by atoms with Crippen molar-refractivity contribution in [2.75, 3.05) is 13.1 Å². The Morgan fingerprint density at radius 3 is 2.67 bits per heavy atom. The highest BCUT2D eigenvalue weighted by Gasteiger charge is 2.44. The standard InChI is InChI=1S/C18H22N4O5/c19-6-5-11(23)9-20-8-10-1-2-12-13(7-10)18(27)22(17(12)26)14-3-4-15(24)21-16(14)25/h1-2,7,11,14,20,23H,3-6,8-9,19H2,(H,21,24,25). The second kappa shape index (κ2) is 7.95. The fraction of sp³-hybridized carbons (Fsp3) is 0.444. The molecule has 2 aliphatic heterocycles. The molecule has 9 heteroatoms. The molecule has 0 aromatic heterocycles. The lowest BCUT2D eigenvalue weighted by Crippen LogP contribution is -2.54. The quantitative estimate of drug-likeness (QED) is 0.443. The van der Waals surface area contributed by atoms with E-state index in [1.807, 2.05) is 0 Å². The number of imide groups is 2. The van der Waals surface area contributed by atoms with Gasteiger partial charge in [-0.15, -0.1) is 0 Å². The minimum Gasteiger partial charge on any atom is -0.392 e. The first-order valence-electron chi connectivity index (χ1n) is 8.85. The van der Waals surface area contributed by atoms with Crippen LogP contribution in [0.25, 0.3) is 0 Å². The monoisotopic (exact) mass is 374 g/mol. The molecule has 2 atom stereocenters. The molecule has 2 heterocycles. The maximum atomic E-state index is 12.7. The zero-order valence-corrected chi connectivity index (χ0v) is 14.7. The number of rotatable bonds is 7. The number of amides is 4. The van der Waals surface area contributed by atoms with E-state index in [2.05, 4.69) is 10.6 Å². The number of fused-ring (bicyclic) bond motifs is 1. The van der Waals surface area contributed by atoms with E-state index in [4.69, 9.17) is 5.73 Å². The summed E-state index contributed by atoms with van der Waals surface area (Å²) in [7, 11) is 0. The summed E-state index contributed by atoms with van der Waals surface area (Å²) >= 11 is 0. The van der Waals surface area contributed by atoms with Crippen molar-refractivity contribution in [3.63, 3.8) is 0 Å². The van der Waals surface area contributed by atoms with Gasteiger partial charge in [-0.25, -0.2) is 0 Å². The molecule has 5 N–H and O–H groups in total. The molecule has 2 unspecified atom stereocenters. The van der Waals surface area contributed by atoms with Gasteiger partial charge in [0.15, 0.2) is 0 Å². The van der Waals surface area contributed by atoms with Gasteiger partial charge in [0.05, 0.1) is 17.2 Å². The van der Waals surface area contributed by atoms with Crippen LogP contribution in [0.2, 0.25) is 0 Å². The van der Waals surface area contributed by atoms with E-state index in [9.17, 15) is 24.3 Å². The minimum absolute atomic E-state index is 0.0874. The van der Waals surface area contributed by atoms with Gasteiger partial charge in [-0.05, 0) is 37.1 Å². The number of carbonyl (C=O) groups is 4. The summed E-state index contributed by atoms with van der Waals surface area (Å²) in [4.78, 5) is 49.6. The Hall–Kier alpha value is -2.62. The maximum absolute atomic E-state index is 12.7. The first-order chi connectivity index (χ1) is 12.9. The predicted molar refractivity (Wildman–Crippen MR) is 94.5 cm³/mol. The lowest BCUT2D eigenvalue weighted by molar-refractivity contribution is -0.136. The van der Waals surface area contributed by atoms with Crippen LogP contribution in [0, 0.1) is 0 Å². The zero-order chi connectivity index (χ0) is 19.6. The lowest BCUT2D eigenvalue weighted by Gasteiger charge is -2.27. The van der Waals surface area contributed by atoms with Crippen molar-refractivity contribution >= 4 is 23.6 Å². The molecule has 3 rings (SSSR count). The molecule has 2 aliphatic rings.